The fourth-order valence-electron chi connectivity index (χ4n) is 2.37. The highest BCUT2D eigenvalue weighted by molar-refractivity contribution is 5.70. The molecule has 0 aromatic rings. The molecule has 2 N–H and O–H groups in total. The summed E-state index contributed by atoms with van der Waals surface area (Å²) in [4.78, 5) is 22.4. The molecule has 0 heterocycles. The Labute approximate surface area is 128 Å². The highest BCUT2D eigenvalue weighted by Crippen LogP contribution is 2.21. The van der Waals surface area contributed by atoms with Crippen LogP contribution in [0.3, 0.4) is 0 Å². The van der Waals surface area contributed by atoms with E-state index in [0.29, 0.717) is 25.7 Å². The highest BCUT2D eigenvalue weighted by Gasteiger charge is 2.18. The lowest BCUT2D eigenvalue weighted by Gasteiger charge is -2.13. The number of hydrogen-bond acceptors (Lipinski definition) is 2. The second kappa shape index (κ2) is 11.4. The number of carboxylic acids is 2. The van der Waals surface area contributed by atoms with E-state index >= 15 is 0 Å². The van der Waals surface area contributed by atoms with Gasteiger partial charge in [0.2, 0.25) is 0 Å². The number of unbranched alkanes of at least 4 members (excludes halogenated alkanes) is 2. The van der Waals surface area contributed by atoms with Crippen molar-refractivity contribution in [3.8, 4) is 0 Å². The van der Waals surface area contributed by atoms with E-state index in [9.17, 15) is 19.8 Å². The first-order valence-electron chi connectivity index (χ1n) is 8.03. The number of carboxylic acid groups (broad SMARTS) is 2. The molecule has 0 aromatic carbocycles. The highest BCUT2D eigenvalue weighted by atomic mass is 16.4. The van der Waals surface area contributed by atoms with Crippen LogP contribution < -0.4 is 0 Å². The maximum atomic E-state index is 11.2. The summed E-state index contributed by atoms with van der Waals surface area (Å²) < 4.78 is 0. The lowest BCUT2D eigenvalue weighted by Crippen LogP contribution is -2.15. The van der Waals surface area contributed by atoms with Crippen LogP contribution in [0, 0.1) is 11.8 Å². The monoisotopic (exact) mass is 298 g/mol. The quantitative estimate of drug-likeness (QED) is 0.520. The topological polar surface area (TPSA) is 74.6 Å². The molecular weight excluding hydrogens is 268 g/mol. The molecule has 0 aromatic heterocycles. The zero-order chi connectivity index (χ0) is 16.3. The lowest BCUT2D eigenvalue weighted by atomic mass is 9.92. The Kier molecular flexibility index (Phi) is 10.6. The Morgan fingerprint density at radius 2 is 1.43 bits per heavy atom. The fourth-order valence-corrected chi connectivity index (χ4v) is 2.37. The first-order valence-corrected chi connectivity index (χ1v) is 8.03. The van der Waals surface area contributed by atoms with Crippen LogP contribution in [0.5, 0.6) is 0 Å². The van der Waals surface area contributed by atoms with Crippen molar-refractivity contribution in [3.63, 3.8) is 0 Å². The minimum atomic E-state index is -0.756. The molecule has 0 fully saturated rings. The maximum absolute atomic E-state index is 11.2. The van der Waals surface area contributed by atoms with E-state index in [0.717, 1.165) is 31.3 Å². The molecule has 0 bridgehead atoms. The molecule has 2 atom stereocenters. The average molecular weight is 298 g/mol. The van der Waals surface area contributed by atoms with E-state index in [1.54, 1.807) is 0 Å². The number of allylic oxidation sites excluding steroid dienone is 2. The molecule has 0 spiro atoms. The van der Waals surface area contributed by atoms with Gasteiger partial charge in [-0.1, -0.05) is 51.2 Å². The molecule has 2 unspecified atom stereocenters. The molecule has 0 amide bonds. The van der Waals surface area contributed by atoms with E-state index < -0.39 is 11.9 Å². The summed E-state index contributed by atoms with van der Waals surface area (Å²) >= 11 is 0. The molecule has 0 rings (SSSR count). The third-order valence-electron chi connectivity index (χ3n) is 3.83. The molecule has 4 nitrogen and oxygen atoms in total. The molecular formula is C17H30O4. The molecule has 0 aliphatic carbocycles. The van der Waals surface area contributed by atoms with Crippen LogP contribution in [0.15, 0.2) is 11.6 Å². The standard InChI is InChI=1S/C17H30O4/c1-4-6-8-14(16(18)19)11-10-13(3)12-15(17(20)21)9-7-5-2/h10,14-15H,4-9,11-12H2,1-3H3,(H,18,19)(H,20,21). The van der Waals surface area contributed by atoms with Crippen LogP contribution in [0.4, 0.5) is 0 Å². The van der Waals surface area contributed by atoms with E-state index in [-0.39, 0.29) is 11.8 Å². The molecule has 0 aliphatic rings. The van der Waals surface area contributed by atoms with Gasteiger partial charge in [-0.25, -0.2) is 0 Å². The van der Waals surface area contributed by atoms with Crippen molar-refractivity contribution >= 4 is 11.9 Å². The molecule has 122 valence electrons. The van der Waals surface area contributed by atoms with Crippen LogP contribution in [0.25, 0.3) is 0 Å². The van der Waals surface area contributed by atoms with Gasteiger partial charge in [-0.3, -0.25) is 9.59 Å². The summed E-state index contributed by atoms with van der Waals surface area (Å²) in [5.41, 5.74) is 0.987. The Morgan fingerprint density at radius 3 is 1.86 bits per heavy atom. The first-order chi connectivity index (χ1) is 9.92. The van der Waals surface area contributed by atoms with Crippen molar-refractivity contribution in [2.45, 2.75) is 72.1 Å². The zero-order valence-corrected chi connectivity index (χ0v) is 13.6. The smallest absolute Gasteiger partial charge is 0.306 e. The molecule has 4 heteroatoms. The summed E-state index contributed by atoms with van der Waals surface area (Å²) in [6, 6.07) is 0. The Bertz CT molecular complexity index is 347. The molecule has 21 heavy (non-hydrogen) atoms. The Balaban J connectivity index is 4.47. The van der Waals surface area contributed by atoms with Gasteiger partial charge in [-0.05, 0) is 32.6 Å². The van der Waals surface area contributed by atoms with Crippen molar-refractivity contribution in [2.24, 2.45) is 11.8 Å². The van der Waals surface area contributed by atoms with Crippen molar-refractivity contribution in [1.29, 1.82) is 0 Å². The molecule has 0 aliphatic heterocycles. The SMILES string of the molecule is CCCCC(CC=C(C)CC(CCCC)C(=O)O)C(=O)O. The second-order valence-electron chi connectivity index (χ2n) is 5.85. The normalized spacial score (nSPS) is 14.7. The van der Waals surface area contributed by atoms with Gasteiger partial charge in [0.1, 0.15) is 0 Å². The predicted octanol–water partition coefficient (Wildman–Crippen LogP) is 4.49. The molecule has 0 saturated carbocycles. The van der Waals surface area contributed by atoms with Crippen molar-refractivity contribution in [1.82, 2.24) is 0 Å². The van der Waals surface area contributed by atoms with Gasteiger partial charge in [-0.2, -0.15) is 0 Å². The van der Waals surface area contributed by atoms with Gasteiger partial charge in [0.05, 0.1) is 11.8 Å². The van der Waals surface area contributed by atoms with Gasteiger partial charge >= 0.3 is 11.9 Å². The summed E-state index contributed by atoms with van der Waals surface area (Å²) in [5.74, 6) is -2.20. The summed E-state index contributed by atoms with van der Waals surface area (Å²) in [5, 5.41) is 18.4. The molecule has 0 radical (unpaired) electrons. The van der Waals surface area contributed by atoms with E-state index in [4.69, 9.17) is 0 Å². The van der Waals surface area contributed by atoms with Crippen LogP contribution in [-0.4, -0.2) is 22.2 Å². The van der Waals surface area contributed by atoms with E-state index in [1.807, 2.05) is 26.8 Å². The maximum Gasteiger partial charge on any atom is 0.306 e. The number of carbonyl (C=O) groups is 2. The summed E-state index contributed by atoms with van der Waals surface area (Å²) in [6.45, 7) is 6.00. The minimum absolute atomic E-state index is 0.347. The fraction of sp³-hybridized carbons (Fsp3) is 0.765. The Morgan fingerprint density at radius 1 is 0.952 bits per heavy atom. The first kappa shape index (κ1) is 19.7. The molecule has 0 saturated heterocycles. The van der Waals surface area contributed by atoms with Gasteiger partial charge < -0.3 is 10.2 Å². The number of aliphatic carboxylic acids is 2. The van der Waals surface area contributed by atoms with Crippen molar-refractivity contribution < 1.29 is 19.8 Å². The van der Waals surface area contributed by atoms with Crippen molar-refractivity contribution in [3.05, 3.63) is 11.6 Å². The number of rotatable bonds is 12. The van der Waals surface area contributed by atoms with Gasteiger partial charge in [0, 0.05) is 0 Å². The third kappa shape index (κ3) is 9.27. The van der Waals surface area contributed by atoms with E-state index in [2.05, 4.69) is 0 Å². The average Bonchev–Trinajstić information content (AvgIpc) is 2.42. The van der Waals surface area contributed by atoms with Crippen LogP contribution >= 0.6 is 0 Å². The van der Waals surface area contributed by atoms with Crippen molar-refractivity contribution in [2.75, 3.05) is 0 Å². The van der Waals surface area contributed by atoms with Gasteiger partial charge in [0.15, 0.2) is 0 Å². The lowest BCUT2D eigenvalue weighted by molar-refractivity contribution is -0.143. The minimum Gasteiger partial charge on any atom is -0.481 e. The number of hydrogen-bond donors (Lipinski definition) is 2. The van der Waals surface area contributed by atoms with Crippen LogP contribution in [0.2, 0.25) is 0 Å². The largest absolute Gasteiger partial charge is 0.481 e. The van der Waals surface area contributed by atoms with E-state index in [1.165, 1.54) is 0 Å². The summed E-state index contributed by atoms with van der Waals surface area (Å²) in [7, 11) is 0. The third-order valence-corrected chi connectivity index (χ3v) is 3.83. The van der Waals surface area contributed by atoms with Crippen LogP contribution in [-0.2, 0) is 9.59 Å². The summed E-state index contributed by atoms with van der Waals surface area (Å²) in [6.07, 6.45) is 8.13. The second-order valence-corrected chi connectivity index (χ2v) is 5.85. The predicted molar refractivity (Wildman–Crippen MR) is 84.3 cm³/mol. The van der Waals surface area contributed by atoms with Gasteiger partial charge in [-0.15, -0.1) is 0 Å². The van der Waals surface area contributed by atoms with Gasteiger partial charge in [0.25, 0.3) is 0 Å². The zero-order valence-electron chi connectivity index (χ0n) is 13.6. The Hall–Kier alpha value is -1.32. The van der Waals surface area contributed by atoms with Crippen LogP contribution in [0.1, 0.15) is 72.1 Å².